The smallest absolute Gasteiger partial charge is 0.261 e. The first-order valence-electron chi connectivity index (χ1n) is 12.0. The van der Waals surface area contributed by atoms with Crippen LogP contribution in [-0.2, 0) is 19.5 Å². The second kappa shape index (κ2) is 9.78. The van der Waals surface area contributed by atoms with Crippen LogP contribution >= 0.6 is 11.6 Å². The lowest BCUT2D eigenvalue weighted by molar-refractivity contribution is 0.0652. The van der Waals surface area contributed by atoms with Gasteiger partial charge in [-0.2, -0.15) is 5.10 Å². The van der Waals surface area contributed by atoms with Gasteiger partial charge in [0.1, 0.15) is 5.82 Å². The van der Waals surface area contributed by atoms with E-state index < -0.39 is 0 Å². The quantitative estimate of drug-likeness (QED) is 0.371. The van der Waals surface area contributed by atoms with Crippen molar-refractivity contribution in [2.45, 2.75) is 46.3 Å². The number of aryl methyl sites for hydroxylation is 1. The zero-order valence-corrected chi connectivity index (χ0v) is 21.6. The number of Topliss-reactive ketones (excluding diaryl/α,β-unsaturated/α-hetero) is 1. The van der Waals surface area contributed by atoms with E-state index in [1.54, 1.807) is 75.1 Å². The van der Waals surface area contributed by atoms with Crippen molar-refractivity contribution in [2.75, 3.05) is 0 Å². The molecule has 1 unspecified atom stereocenters. The lowest BCUT2D eigenvalue weighted by Gasteiger charge is -2.34. The van der Waals surface area contributed by atoms with E-state index in [4.69, 9.17) is 16.6 Å². The molecule has 0 N–H and O–H groups in total. The number of halogens is 1. The predicted molar refractivity (Wildman–Crippen MR) is 140 cm³/mol. The molecule has 0 radical (unpaired) electrons. The molecule has 0 saturated carbocycles. The van der Waals surface area contributed by atoms with Crippen molar-refractivity contribution < 1.29 is 9.59 Å². The van der Waals surface area contributed by atoms with Gasteiger partial charge in [-0.25, -0.2) is 4.98 Å². The molecule has 1 atom stereocenters. The molecule has 2 aromatic carbocycles. The Balaban J connectivity index is 1.58. The van der Waals surface area contributed by atoms with Gasteiger partial charge in [0.2, 0.25) is 0 Å². The Kier molecular flexibility index (Phi) is 6.52. The number of aromatic nitrogens is 4. The van der Waals surface area contributed by atoms with Crippen LogP contribution in [0.1, 0.15) is 57.2 Å². The Morgan fingerprint density at radius 3 is 2.49 bits per heavy atom. The minimum absolute atomic E-state index is 0.0475. The molecule has 188 valence electrons. The Bertz CT molecular complexity index is 1560. The third kappa shape index (κ3) is 4.72. The average Bonchev–Trinajstić information content (AvgIpc) is 3.39. The zero-order chi connectivity index (χ0) is 26.3. The van der Waals surface area contributed by atoms with Gasteiger partial charge >= 0.3 is 0 Å². The molecule has 0 aliphatic carbocycles. The fourth-order valence-electron chi connectivity index (χ4n) is 4.68. The normalized spacial score (nSPS) is 14.9. The molecule has 2 aromatic heterocycles. The Morgan fingerprint density at radius 2 is 1.84 bits per heavy atom. The highest BCUT2D eigenvalue weighted by atomic mass is 35.5. The van der Waals surface area contributed by atoms with E-state index in [2.05, 4.69) is 5.10 Å². The van der Waals surface area contributed by atoms with Crippen molar-refractivity contribution in [3.63, 3.8) is 0 Å². The van der Waals surface area contributed by atoms with Crippen LogP contribution in [0.5, 0.6) is 0 Å². The number of carbonyl (C=O) groups is 2. The third-order valence-electron chi connectivity index (χ3n) is 6.74. The van der Waals surface area contributed by atoms with Crippen molar-refractivity contribution in [1.82, 2.24) is 24.2 Å². The third-order valence-corrected chi connectivity index (χ3v) is 7.17. The fourth-order valence-corrected chi connectivity index (χ4v) is 4.80. The van der Waals surface area contributed by atoms with Crippen molar-refractivity contribution in [1.29, 1.82) is 0 Å². The molecule has 1 amide bonds. The maximum absolute atomic E-state index is 13.9. The van der Waals surface area contributed by atoms with E-state index in [9.17, 15) is 14.4 Å². The standard InChI is InChI=1S/C28H26ClN5O3/c1-17-13-21(7-10-24(17)29)27(36)33-15-25-23(14-18(33)2)28(37)34(22-8-5-20(6-9-22)19(3)35)26(31-25)16-32-12-4-11-30-32/h4-13,18H,14-16H2,1-3H3. The minimum Gasteiger partial charge on any atom is -0.330 e. The van der Waals surface area contributed by atoms with Gasteiger partial charge in [-0.1, -0.05) is 11.6 Å². The molecule has 0 bridgehead atoms. The van der Waals surface area contributed by atoms with E-state index >= 15 is 0 Å². The number of fused-ring (bicyclic) bond motifs is 1. The maximum Gasteiger partial charge on any atom is 0.261 e. The number of benzene rings is 2. The fraction of sp³-hybridized carbons (Fsp3) is 0.250. The summed E-state index contributed by atoms with van der Waals surface area (Å²) in [4.78, 5) is 45.7. The van der Waals surface area contributed by atoms with Crippen LogP contribution in [0.15, 0.2) is 65.7 Å². The molecule has 0 spiro atoms. The van der Waals surface area contributed by atoms with Crippen molar-refractivity contribution in [3.05, 3.63) is 110 Å². The molecule has 1 aliphatic rings. The zero-order valence-electron chi connectivity index (χ0n) is 20.8. The summed E-state index contributed by atoms with van der Waals surface area (Å²) in [7, 11) is 0. The highest BCUT2D eigenvalue weighted by molar-refractivity contribution is 6.31. The second-order valence-corrected chi connectivity index (χ2v) is 9.76. The van der Waals surface area contributed by atoms with Crippen molar-refractivity contribution in [3.8, 4) is 5.69 Å². The number of rotatable bonds is 5. The summed E-state index contributed by atoms with van der Waals surface area (Å²) in [6.07, 6.45) is 3.85. The van der Waals surface area contributed by atoms with Crippen LogP contribution in [0.2, 0.25) is 5.02 Å². The van der Waals surface area contributed by atoms with Crippen LogP contribution in [0.3, 0.4) is 0 Å². The summed E-state index contributed by atoms with van der Waals surface area (Å²) in [6.45, 7) is 5.80. The lowest BCUT2D eigenvalue weighted by Crippen LogP contribution is -2.46. The molecular weight excluding hydrogens is 490 g/mol. The highest BCUT2D eigenvalue weighted by Gasteiger charge is 2.32. The van der Waals surface area contributed by atoms with Crippen LogP contribution < -0.4 is 5.56 Å². The largest absolute Gasteiger partial charge is 0.330 e. The van der Waals surface area contributed by atoms with Gasteiger partial charge in [-0.05, 0) is 81.3 Å². The van der Waals surface area contributed by atoms with Gasteiger partial charge in [-0.15, -0.1) is 0 Å². The summed E-state index contributed by atoms with van der Waals surface area (Å²) in [5.74, 6) is 0.318. The van der Waals surface area contributed by atoms with Gasteiger partial charge < -0.3 is 4.90 Å². The van der Waals surface area contributed by atoms with Crippen molar-refractivity contribution in [2.24, 2.45) is 0 Å². The minimum atomic E-state index is -0.198. The Hall–Kier alpha value is -4.04. The van der Waals surface area contributed by atoms with Crippen LogP contribution in [-0.4, -0.2) is 42.0 Å². The van der Waals surface area contributed by atoms with E-state index in [0.29, 0.717) is 45.3 Å². The van der Waals surface area contributed by atoms with E-state index in [0.717, 1.165) is 5.56 Å². The average molecular weight is 516 g/mol. The molecule has 4 aromatic rings. The maximum atomic E-state index is 13.9. The van der Waals surface area contributed by atoms with Gasteiger partial charge in [0.25, 0.3) is 11.5 Å². The van der Waals surface area contributed by atoms with E-state index in [1.807, 2.05) is 13.8 Å². The van der Waals surface area contributed by atoms with Crippen LogP contribution in [0, 0.1) is 6.92 Å². The predicted octanol–water partition coefficient (Wildman–Crippen LogP) is 4.23. The van der Waals surface area contributed by atoms with Gasteiger partial charge in [0.15, 0.2) is 5.78 Å². The molecule has 5 rings (SSSR count). The Morgan fingerprint density at radius 1 is 1.11 bits per heavy atom. The molecule has 0 saturated heterocycles. The highest BCUT2D eigenvalue weighted by Crippen LogP contribution is 2.25. The van der Waals surface area contributed by atoms with Crippen molar-refractivity contribution >= 4 is 23.3 Å². The number of carbonyl (C=O) groups excluding carboxylic acids is 2. The second-order valence-electron chi connectivity index (χ2n) is 9.35. The summed E-state index contributed by atoms with van der Waals surface area (Å²) >= 11 is 6.15. The first-order chi connectivity index (χ1) is 17.7. The summed E-state index contributed by atoms with van der Waals surface area (Å²) in [5, 5.41) is 4.88. The first-order valence-corrected chi connectivity index (χ1v) is 12.4. The number of hydrogen-bond acceptors (Lipinski definition) is 5. The Labute approximate surface area is 219 Å². The molecule has 37 heavy (non-hydrogen) atoms. The van der Waals surface area contributed by atoms with E-state index in [1.165, 1.54) is 6.92 Å². The molecule has 1 aliphatic heterocycles. The lowest BCUT2D eigenvalue weighted by atomic mass is 9.98. The molecule has 0 fully saturated rings. The summed E-state index contributed by atoms with van der Waals surface area (Å²) < 4.78 is 3.27. The number of nitrogens with zero attached hydrogens (tertiary/aromatic N) is 5. The van der Waals surface area contributed by atoms with Gasteiger partial charge in [0.05, 0.1) is 24.5 Å². The van der Waals surface area contributed by atoms with E-state index in [-0.39, 0.29) is 36.4 Å². The summed E-state index contributed by atoms with van der Waals surface area (Å²) in [6, 6.07) is 13.8. The molecule has 8 nitrogen and oxygen atoms in total. The van der Waals surface area contributed by atoms with Crippen LogP contribution in [0.25, 0.3) is 5.69 Å². The first kappa shape index (κ1) is 24.6. The summed E-state index contributed by atoms with van der Waals surface area (Å²) in [5.41, 5.74) is 3.56. The number of ketones is 1. The molecular formula is C28H26ClN5O3. The SMILES string of the molecule is CC(=O)c1ccc(-n2c(Cn3cccn3)nc3c(c2=O)CC(C)N(C(=O)c2ccc(Cl)c(C)c2)C3)cc1. The monoisotopic (exact) mass is 515 g/mol. The van der Waals surface area contributed by atoms with Gasteiger partial charge in [0, 0.05) is 40.1 Å². The number of amides is 1. The van der Waals surface area contributed by atoms with Crippen LogP contribution in [0.4, 0.5) is 0 Å². The molecule has 9 heteroatoms. The van der Waals surface area contributed by atoms with Gasteiger partial charge in [-0.3, -0.25) is 23.6 Å². The number of hydrogen-bond donors (Lipinski definition) is 0. The molecule has 3 heterocycles. The topological polar surface area (TPSA) is 90.1 Å².